The lowest BCUT2D eigenvalue weighted by Crippen LogP contribution is -1.98. The van der Waals surface area contributed by atoms with Crippen LogP contribution in [-0.4, -0.2) is 6.21 Å². The molecule has 1 aromatic heterocycles. The van der Waals surface area contributed by atoms with Crippen molar-refractivity contribution in [2.45, 2.75) is 53.4 Å². The first-order valence-electron chi connectivity index (χ1n) is 7.06. The van der Waals surface area contributed by atoms with E-state index in [1.54, 1.807) is 0 Å². The summed E-state index contributed by atoms with van der Waals surface area (Å²) in [4.78, 5) is 5.90. The van der Waals surface area contributed by atoms with Gasteiger partial charge >= 0.3 is 0 Å². The minimum absolute atomic E-state index is 0.377. The zero-order valence-corrected chi connectivity index (χ0v) is 13.8. The summed E-state index contributed by atoms with van der Waals surface area (Å²) in [5.41, 5.74) is 2.56. The van der Waals surface area contributed by atoms with Crippen molar-refractivity contribution in [2.75, 3.05) is 0 Å². The summed E-state index contributed by atoms with van der Waals surface area (Å²) in [5, 5.41) is 2.17. The third-order valence-electron chi connectivity index (χ3n) is 2.84. The number of nitrogens with zero attached hydrogens (tertiary/aromatic N) is 1. The molecule has 0 aliphatic heterocycles. The van der Waals surface area contributed by atoms with Crippen molar-refractivity contribution >= 4 is 17.6 Å². The van der Waals surface area contributed by atoms with E-state index in [-0.39, 0.29) is 0 Å². The Morgan fingerprint density at radius 1 is 1.42 bits per heavy atom. The Bertz CT molecular complexity index is 413. The molecular weight excluding hydrogens is 250 g/mol. The monoisotopic (exact) mass is 277 g/mol. The number of aliphatic imine (C=N–C) groups is 1. The van der Waals surface area contributed by atoms with Gasteiger partial charge in [-0.3, -0.25) is 4.99 Å². The third kappa shape index (κ3) is 5.56. The highest BCUT2D eigenvalue weighted by Gasteiger charge is 2.14. The van der Waals surface area contributed by atoms with Crippen LogP contribution in [0.5, 0.6) is 0 Å². The van der Waals surface area contributed by atoms with E-state index in [0.717, 1.165) is 18.5 Å². The first-order valence-corrected chi connectivity index (χ1v) is 7.94. The molecule has 0 radical (unpaired) electrons. The van der Waals surface area contributed by atoms with Crippen molar-refractivity contribution in [3.63, 3.8) is 0 Å². The van der Waals surface area contributed by atoms with Gasteiger partial charge in [-0.15, -0.1) is 17.9 Å². The Balaban J connectivity index is 0.00000154. The van der Waals surface area contributed by atoms with Crippen LogP contribution in [-0.2, 0) is 6.42 Å². The molecule has 1 heterocycles. The average molecular weight is 277 g/mol. The summed E-state index contributed by atoms with van der Waals surface area (Å²) in [7, 11) is 0. The second-order valence-electron chi connectivity index (χ2n) is 3.95. The fourth-order valence-electron chi connectivity index (χ4n) is 1.92. The maximum atomic E-state index is 4.44. The molecule has 0 N–H and O–H groups in total. The highest BCUT2D eigenvalue weighted by molar-refractivity contribution is 7.10. The molecule has 19 heavy (non-hydrogen) atoms. The van der Waals surface area contributed by atoms with Gasteiger partial charge in [-0.25, -0.2) is 0 Å². The summed E-state index contributed by atoms with van der Waals surface area (Å²) in [6, 6.07) is 2.22. The fourth-order valence-corrected chi connectivity index (χ4v) is 2.91. The molecule has 0 saturated carbocycles. The number of thiophene rings is 1. The Hall–Kier alpha value is -1.15. The molecule has 0 aliphatic rings. The van der Waals surface area contributed by atoms with Crippen LogP contribution < -0.4 is 0 Å². The largest absolute Gasteiger partial charge is 0.266 e. The molecular formula is C17H27NS. The molecule has 1 atom stereocenters. The van der Waals surface area contributed by atoms with Gasteiger partial charge in [0.05, 0.1) is 0 Å². The normalized spacial score (nSPS) is 13.0. The van der Waals surface area contributed by atoms with Gasteiger partial charge in [0, 0.05) is 22.7 Å². The summed E-state index contributed by atoms with van der Waals surface area (Å²) >= 11 is 1.84. The van der Waals surface area contributed by atoms with Crippen LogP contribution in [0.4, 0.5) is 0 Å². The van der Waals surface area contributed by atoms with E-state index >= 15 is 0 Å². The summed E-state index contributed by atoms with van der Waals surface area (Å²) in [6.45, 7) is 14.0. The second kappa shape index (κ2) is 10.7. The molecule has 2 heteroatoms. The zero-order valence-electron chi connectivity index (χ0n) is 12.9. The second-order valence-corrected chi connectivity index (χ2v) is 4.95. The maximum Gasteiger partial charge on any atom is 0.0429 e. The van der Waals surface area contributed by atoms with Gasteiger partial charge in [-0.1, -0.05) is 32.9 Å². The lowest BCUT2D eigenvalue weighted by Gasteiger charge is -2.13. The van der Waals surface area contributed by atoms with Gasteiger partial charge in [-0.2, -0.15) is 0 Å². The number of aryl methyl sites for hydroxylation is 1. The lowest BCUT2D eigenvalue weighted by atomic mass is 9.97. The van der Waals surface area contributed by atoms with E-state index in [1.165, 1.54) is 10.4 Å². The van der Waals surface area contributed by atoms with Crippen molar-refractivity contribution < 1.29 is 0 Å². The topological polar surface area (TPSA) is 12.4 Å². The Morgan fingerprint density at radius 2 is 2.11 bits per heavy atom. The van der Waals surface area contributed by atoms with E-state index < -0.39 is 0 Å². The Kier molecular flexibility index (Phi) is 10.1. The predicted octanol–water partition coefficient (Wildman–Crippen LogP) is 5.99. The molecule has 0 aromatic carbocycles. The standard InChI is InChI=1S/C15H21NS.C2H6/c1-5-8-9-15-13(10-11-17-15)12(4)14(6-2)16-7-3;1-2/h5-7,10-12H,1,8-9H2,2-4H3;1-2H3/b14-6-,16-7?;. The van der Waals surface area contributed by atoms with Gasteiger partial charge in [0.25, 0.3) is 0 Å². The number of hydrogen-bond acceptors (Lipinski definition) is 2. The lowest BCUT2D eigenvalue weighted by molar-refractivity contribution is 0.857. The highest BCUT2D eigenvalue weighted by Crippen LogP contribution is 2.31. The zero-order chi connectivity index (χ0) is 14.7. The minimum atomic E-state index is 0.377. The smallest absolute Gasteiger partial charge is 0.0429 e. The first kappa shape index (κ1) is 17.8. The SMILES string of the molecule is C=CCCc1sccc1C(C)/C(=C/C)N=CC.CC. The van der Waals surface area contributed by atoms with Crippen LogP contribution in [0, 0.1) is 0 Å². The molecule has 1 unspecified atom stereocenters. The first-order chi connectivity index (χ1) is 9.24. The van der Waals surface area contributed by atoms with Gasteiger partial charge in [0.2, 0.25) is 0 Å². The van der Waals surface area contributed by atoms with Crippen LogP contribution in [0.2, 0.25) is 0 Å². The minimum Gasteiger partial charge on any atom is -0.266 e. The molecule has 1 rings (SSSR count). The number of allylic oxidation sites excluding steroid dienone is 3. The maximum absolute atomic E-state index is 4.44. The van der Waals surface area contributed by atoms with Crippen LogP contribution in [0.25, 0.3) is 0 Å². The number of hydrogen-bond donors (Lipinski definition) is 0. The average Bonchev–Trinajstić information content (AvgIpc) is 2.92. The quantitative estimate of drug-likeness (QED) is 0.447. The molecule has 0 fully saturated rings. The Labute approximate surface area is 122 Å². The molecule has 0 bridgehead atoms. The molecule has 0 saturated heterocycles. The third-order valence-corrected chi connectivity index (χ3v) is 3.84. The number of rotatable bonds is 6. The van der Waals surface area contributed by atoms with E-state index in [1.807, 2.05) is 44.4 Å². The summed E-state index contributed by atoms with van der Waals surface area (Å²) < 4.78 is 0. The van der Waals surface area contributed by atoms with Gasteiger partial charge in [-0.05, 0) is 43.7 Å². The fraction of sp³-hybridized carbons (Fsp3) is 0.471. The van der Waals surface area contributed by atoms with E-state index in [2.05, 4.69) is 42.9 Å². The summed E-state index contributed by atoms with van der Waals surface area (Å²) in [5.74, 6) is 0.377. The van der Waals surface area contributed by atoms with Gasteiger partial charge < -0.3 is 0 Å². The van der Waals surface area contributed by atoms with E-state index in [4.69, 9.17) is 0 Å². The van der Waals surface area contributed by atoms with Crippen LogP contribution in [0.3, 0.4) is 0 Å². The molecule has 106 valence electrons. The van der Waals surface area contributed by atoms with E-state index in [0.29, 0.717) is 5.92 Å². The van der Waals surface area contributed by atoms with Crippen LogP contribution >= 0.6 is 11.3 Å². The van der Waals surface area contributed by atoms with Crippen molar-refractivity contribution in [3.05, 3.63) is 46.3 Å². The van der Waals surface area contributed by atoms with E-state index in [9.17, 15) is 0 Å². The predicted molar refractivity (Wildman–Crippen MR) is 90.5 cm³/mol. The van der Waals surface area contributed by atoms with Crippen LogP contribution in [0.1, 0.15) is 57.4 Å². The molecule has 0 amide bonds. The Morgan fingerprint density at radius 3 is 2.63 bits per heavy atom. The van der Waals surface area contributed by atoms with Gasteiger partial charge in [0.15, 0.2) is 0 Å². The van der Waals surface area contributed by atoms with Crippen LogP contribution in [0.15, 0.2) is 40.9 Å². The van der Waals surface area contributed by atoms with Crippen molar-refractivity contribution in [3.8, 4) is 0 Å². The molecule has 1 nitrogen and oxygen atoms in total. The molecule has 1 aromatic rings. The van der Waals surface area contributed by atoms with Gasteiger partial charge in [0.1, 0.15) is 0 Å². The van der Waals surface area contributed by atoms with Crippen molar-refractivity contribution in [1.29, 1.82) is 0 Å². The van der Waals surface area contributed by atoms with Crippen molar-refractivity contribution in [1.82, 2.24) is 0 Å². The highest BCUT2D eigenvalue weighted by atomic mass is 32.1. The van der Waals surface area contributed by atoms with Crippen molar-refractivity contribution in [2.24, 2.45) is 4.99 Å². The summed E-state index contributed by atoms with van der Waals surface area (Å²) in [6.07, 6.45) is 8.08. The molecule has 0 spiro atoms. The molecule has 0 aliphatic carbocycles.